The molecule has 2 atom stereocenters. The first kappa shape index (κ1) is 10.4. The lowest BCUT2D eigenvalue weighted by Crippen LogP contribution is -2.43. The first-order chi connectivity index (χ1) is 5.00. The molecule has 0 unspecified atom stereocenters. The number of rotatable bonds is 3. The van der Waals surface area contributed by atoms with Crippen molar-refractivity contribution in [2.45, 2.75) is 26.3 Å². The molecule has 2 N–H and O–H groups in total. The Hall–Kier alpha value is -0.570. The molecule has 0 aromatic rings. The molecule has 0 aliphatic carbocycles. The Kier molecular flexibility index (Phi) is 4.11. The van der Waals surface area contributed by atoms with Crippen LogP contribution in [0.25, 0.3) is 0 Å². The lowest BCUT2D eigenvalue weighted by molar-refractivity contribution is -0.131. The lowest BCUT2D eigenvalue weighted by Gasteiger charge is -2.21. The number of amides is 1. The summed E-state index contributed by atoms with van der Waals surface area (Å²) in [5.41, 5.74) is 5.68. The summed E-state index contributed by atoms with van der Waals surface area (Å²) in [5.74, 6) is 0.282. The Bertz CT molecular complexity index is 134. The average Bonchev–Trinajstić information content (AvgIpc) is 2.00. The van der Waals surface area contributed by atoms with Gasteiger partial charge in [-0.25, -0.2) is 0 Å². The van der Waals surface area contributed by atoms with Gasteiger partial charge in [-0.2, -0.15) is 0 Å². The fourth-order valence-corrected chi connectivity index (χ4v) is 0.795. The van der Waals surface area contributed by atoms with E-state index in [4.69, 9.17) is 5.73 Å². The van der Waals surface area contributed by atoms with E-state index >= 15 is 0 Å². The predicted molar refractivity (Wildman–Crippen MR) is 46.1 cm³/mol. The second kappa shape index (κ2) is 4.34. The normalized spacial score (nSPS) is 15.7. The monoisotopic (exact) mass is 158 g/mol. The SMILES string of the molecule is CC[C@@H](C)[C@@H](N)C(=O)N(C)C. The van der Waals surface area contributed by atoms with Gasteiger partial charge in [0.05, 0.1) is 6.04 Å². The van der Waals surface area contributed by atoms with E-state index < -0.39 is 0 Å². The van der Waals surface area contributed by atoms with E-state index in [9.17, 15) is 4.79 Å². The zero-order valence-electron chi connectivity index (χ0n) is 7.79. The van der Waals surface area contributed by atoms with Crippen LogP contribution >= 0.6 is 0 Å². The molecule has 0 saturated heterocycles. The Balaban J connectivity index is 4.02. The van der Waals surface area contributed by atoms with Crippen LogP contribution in [0.3, 0.4) is 0 Å². The predicted octanol–water partition coefficient (Wildman–Crippen LogP) is 0.448. The number of nitrogens with two attached hydrogens (primary N) is 1. The van der Waals surface area contributed by atoms with Gasteiger partial charge >= 0.3 is 0 Å². The summed E-state index contributed by atoms with van der Waals surface area (Å²) in [6.45, 7) is 4.03. The smallest absolute Gasteiger partial charge is 0.239 e. The number of likely N-dealkylation sites (N-methyl/N-ethyl adjacent to an activating group) is 1. The van der Waals surface area contributed by atoms with E-state index in [1.807, 2.05) is 13.8 Å². The van der Waals surface area contributed by atoms with Crippen molar-refractivity contribution >= 4 is 5.91 Å². The van der Waals surface area contributed by atoms with Crippen molar-refractivity contribution in [3.63, 3.8) is 0 Å². The number of carbonyl (C=O) groups excluding carboxylic acids is 1. The standard InChI is InChI=1S/C8H18N2O/c1-5-6(2)7(9)8(11)10(3)4/h6-7H,5,9H2,1-4H3/t6-,7-/m1/s1. The molecular weight excluding hydrogens is 140 g/mol. The van der Waals surface area contributed by atoms with E-state index in [1.165, 1.54) is 4.90 Å². The summed E-state index contributed by atoms with van der Waals surface area (Å²) in [5, 5.41) is 0. The zero-order valence-corrected chi connectivity index (χ0v) is 7.79. The van der Waals surface area contributed by atoms with Crippen LogP contribution < -0.4 is 5.73 Å². The second-order valence-electron chi connectivity index (χ2n) is 3.14. The van der Waals surface area contributed by atoms with Gasteiger partial charge in [-0.1, -0.05) is 20.3 Å². The van der Waals surface area contributed by atoms with Crippen LogP contribution in [0.5, 0.6) is 0 Å². The minimum atomic E-state index is -0.338. The second-order valence-corrected chi connectivity index (χ2v) is 3.14. The first-order valence-electron chi connectivity index (χ1n) is 3.97. The summed E-state index contributed by atoms with van der Waals surface area (Å²) in [7, 11) is 3.45. The fourth-order valence-electron chi connectivity index (χ4n) is 0.795. The summed E-state index contributed by atoms with van der Waals surface area (Å²) in [6.07, 6.45) is 0.945. The third-order valence-electron chi connectivity index (χ3n) is 1.98. The van der Waals surface area contributed by atoms with Crippen molar-refractivity contribution in [2.75, 3.05) is 14.1 Å². The lowest BCUT2D eigenvalue weighted by atomic mass is 9.99. The molecule has 0 saturated carbocycles. The van der Waals surface area contributed by atoms with E-state index in [0.717, 1.165) is 6.42 Å². The zero-order chi connectivity index (χ0) is 9.02. The van der Waals surface area contributed by atoms with Crippen molar-refractivity contribution < 1.29 is 4.79 Å². The van der Waals surface area contributed by atoms with Gasteiger partial charge in [-0.15, -0.1) is 0 Å². The Morgan fingerprint density at radius 2 is 2.00 bits per heavy atom. The van der Waals surface area contributed by atoms with Crippen molar-refractivity contribution in [1.82, 2.24) is 4.90 Å². The largest absolute Gasteiger partial charge is 0.347 e. The maximum absolute atomic E-state index is 11.2. The molecule has 0 fully saturated rings. The van der Waals surface area contributed by atoms with Gasteiger partial charge in [-0.05, 0) is 5.92 Å². The fraction of sp³-hybridized carbons (Fsp3) is 0.875. The molecule has 0 aliphatic heterocycles. The maximum Gasteiger partial charge on any atom is 0.239 e. The van der Waals surface area contributed by atoms with Gasteiger partial charge in [0.1, 0.15) is 0 Å². The highest BCUT2D eigenvalue weighted by molar-refractivity contribution is 5.81. The van der Waals surface area contributed by atoms with Crippen LogP contribution in [-0.4, -0.2) is 30.9 Å². The number of hydrogen-bond acceptors (Lipinski definition) is 2. The molecule has 1 amide bonds. The van der Waals surface area contributed by atoms with Crippen LogP contribution in [0.4, 0.5) is 0 Å². The minimum Gasteiger partial charge on any atom is -0.347 e. The first-order valence-corrected chi connectivity index (χ1v) is 3.97. The quantitative estimate of drug-likeness (QED) is 0.648. The Labute approximate surface area is 68.6 Å². The van der Waals surface area contributed by atoms with Gasteiger partial charge < -0.3 is 10.6 Å². The molecule has 66 valence electrons. The summed E-state index contributed by atoms with van der Waals surface area (Å²) in [6, 6.07) is -0.338. The van der Waals surface area contributed by atoms with Crippen LogP contribution in [0.15, 0.2) is 0 Å². The topological polar surface area (TPSA) is 46.3 Å². The molecule has 11 heavy (non-hydrogen) atoms. The average molecular weight is 158 g/mol. The van der Waals surface area contributed by atoms with E-state index in [0.29, 0.717) is 0 Å². The Morgan fingerprint density at radius 1 is 1.55 bits per heavy atom. The van der Waals surface area contributed by atoms with Gasteiger partial charge in [0.25, 0.3) is 0 Å². The number of carbonyl (C=O) groups is 1. The molecule has 3 heteroatoms. The van der Waals surface area contributed by atoms with Crippen LogP contribution in [-0.2, 0) is 4.79 Å². The van der Waals surface area contributed by atoms with Crippen LogP contribution in [0.2, 0.25) is 0 Å². The van der Waals surface area contributed by atoms with Gasteiger partial charge in [0, 0.05) is 14.1 Å². The van der Waals surface area contributed by atoms with Gasteiger partial charge in [-0.3, -0.25) is 4.79 Å². The van der Waals surface area contributed by atoms with Gasteiger partial charge in [0.2, 0.25) is 5.91 Å². The summed E-state index contributed by atoms with van der Waals surface area (Å²) < 4.78 is 0. The van der Waals surface area contributed by atoms with Crippen LogP contribution in [0, 0.1) is 5.92 Å². The van der Waals surface area contributed by atoms with Crippen molar-refractivity contribution in [1.29, 1.82) is 0 Å². The molecular formula is C8H18N2O. The number of nitrogens with zero attached hydrogens (tertiary/aromatic N) is 1. The number of hydrogen-bond donors (Lipinski definition) is 1. The van der Waals surface area contributed by atoms with Crippen molar-refractivity contribution in [3.8, 4) is 0 Å². The highest BCUT2D eigenvalue weighted by Crippen LogP contribution is 2.06. The highest BCUT2D eigenvalue weighted by Gasteiger charge is 2.20. The minimum absolute atomic E-state index is 0.0133. The van der Waals surface area contributed by atoms with Gasteiger partial charge in [0.15, 0.2) is 0 Å². The summed E-state index contributed by atoms with van der Waals surface area (Å²) >= 11 is 0. The molecule has 3 nitrogen and oxygen atoms in total. The van der Waals surface area contributed by atoms with E-state index in [1.54, 1.807) is 14.1 Å². The highest BCUT2D eigenvalue weighted by atomic mass is 16.2. The molecule has 0 aromatic carbocycles. The molecule has 0 bridgehead atoms. The van der Waals surface area contributed by atoms with Crippen molar-refractivity contribution in [3.05, 3.63) is 0 Å². The third-order valence-corrected chi connectivity index (χ3v) is 1.98. The Morgan fingerprint density at radius 3 is 2.27 bits per heavy atom. The van der Waals surface area contributed by atoms with E-state index in [-0.39, 0.29) is 17.9 Å². The molecule has 0 heterocycles. The summed E-state index contributed by atoms with van der Waals surface area (Å²) in [4.78, 5) is 12.8. The molecule has 0 rings (SSSR count). The third kappa shape index (κ3) is 2.89. The molecule has 0 spiro atoms. The molecule has 0 aliphatic rings. The van der Waals surface area contributed by atoms with Crippen LogP contribution in [0.1, 0.15) is 20.3 Å². The maximum atomic E-state index is 11.2. The van der Waals surface area contributed by atoms with Crippen molar-refractivity contribution in [2.24, 2.45) is 11.7 Å². The molecule has 0 aromatic heterocycles. The molecule has 0 radical (unpaired) electrons. The van der Waals surface area contributed by atoms with E-state index in [2.05, 4.69) is 0 Å².